The summed E-state index contributed by atoms with van der Waals surface area (Å²) in [6, 6.07) is 7.09. The Morgan fingerprint density at radius 2 is 1.97 bits per heavy atom. The van der Waals surface area contributed by atoms with Crippen LogP contribution in [0.4, 0.5) is 10.1 Å². The van der Waals surface area contributed by atoms with Crippen LogP contribution in [0.1, 0.15) is 45.0 Å². The molecule has 2 aliphatic rings. The van der Waals surface area contributed by atoms with E-state index in [-0.39, 0.29) is 18.0 Å². The van der Waals surface area contributed by atoms with E-state index < -0.39 is 0 Å². The van der Waals surface area contributed by atoms with E-state index in [1.54, 1.807) is 0 Å². The van der Waals surface area contributed by atoms with Gasteiger partial charge in [0.05, 0.1) is 38.8 Å². The molecule has 0 radical (unpaired) electrons. The molecule has 0 spiro atoms. The van der Waals surface area contributed by atoms with Crippen molar-refractivity contribution in [3.63, 3.8) is 0 Å². The summed E-state index contributed by atoms with van der Waals surface area (Å²) in [6.45, 7) is 10.0. The van der Waals surface area contributed by atoms with Gasteiger partial charge in [0.1, 0.15) is 11.9 Å². The van der Waals surface area contributed by atoms with E-state index in [9.17, 15) is 4.39 Å². The van der Waals surface area contributed by atoms with Crippen LogP contribution in [0.5, 0.6) is 0 Å². The van der Waals surface area contributed by atoms with Crippen molar-refractivity contribution in [2.75, 3.05) is 37.7 Å². The van der Waals surface area contributed by atoms with Crippen LogP contribution in [0.15, 0.2) is 24.3 Å². The van der Waals surface area contributed by atoms with Gasteiger partial charge in [0, 0.05) is 18.7 Å². The maximum atomic E-state index is 13.2. The van der Waals surface area contributed by atoms with Crippen LogP contribution in [0.25, 0.3) is 0 Å². The van der Waals surface area contributed by atoms with E-state index in [4.69, 9.17) is 4.74 Å². The molecule has 8 heteroatoms. The van der Waals surface area contributed by atoms with Crippen molar-refractivity contribution < 1.29 is 14.0 Å². The minimum atomic E-state index is -0.187. The number of benzene rings is 1. The van der Waals surface area contributed by atoms with Crippen molar-refractivity contribution in [2.45, 2.75) is 51.8 Å². The molecule has 2 fully saturated rings. The normalized spacial score (nSPS) is 21.8. The van der Waals surface area contributed by atoms with Gasteiger partial charge in [-0.2, -0.15) is 0 Å². The third kappa shape index (κ3) is 4.93. The summed E-state index contributed by atoms with van der Waals surface area (Å²) in [7, 11) is 0. The van der Waals surface area contributed by atoms with Crippen molar-refractivity contribution in [1.82, 2.24) is 20.2 Å². The number of quaternary nitrogens is 1. The van der Waals surface area contributed by atoms with E-state index in [0.29, 0.717) is 5.92 Å². The number of aromatic nitrogens is 4. The van der Waals surface area contributed by atoms with Gasteiger partial charge in [-0.3, -0.25) is 0 Å². The van der Waals surface area contributed by atoms with E-state index in [2.05, 4.69) is 34.3 Å². The average Bonchev–Trinajstić information content (AvgIpc) is 3.39. The van der Waals surface area contributed by atoms with E-state index in [1.165, 1.54) is 17.0 Å². The maximum Gasteiger partial charge on any atom is 0.209 e. The first-order valence-electron chi connectivity index (χ1n) is 10.8. The minimum absolute atomic E-state index is 0.187. The molecular weight excluding hydrogens is 371 g/mol. The predicted octanol–water partition coefficient (Wildman–Crippen LogP) is 1.48. The number of hydrogen-bond acceptors (Lipinski definition) is 5. The van der Waals surface area contributed by atoms with Gasteiger partial charge in [-0.15, -0.1) is 5.10 Å². The van der Waals surface area contributed by atoms with Gasteiger partial charge in [-0.1, -0.05) is 13.8 Å². The minimum Gasteiger partial charge on any atom is -0.376 e. The Morgan fingerprint density at radius 1 is 1.21 bits per heavy atom. The molecule has 0 saturated carbocycles. The molecule has 1 N–H and O–H groups in total. The number of rotatable bonds is 7. The Hall–Kier alpha value is -2.06. The predicted molar refractivity (Wildman–Crippen MR) is 108 cm³/mol. The molecule has 29 heavy (non-hydrogen) atoms. The molecule has 4 rings (SSSR count). The highest BCUT2D eigenvalue weighted by Crippen LogP contribution is 2.20. The van der Waals surface area contributed by atoms with Crippen LogP contribution >= 0.6 is 0 Å². The van der Waals surface area contributed by atoms with Crippen molar-refractivity contribution in [1.29, 1.82) is 0 Å². The zero-order valence-corrected chi connectivity index (χ0v) is 17.4. The molecule has 2 aliphatic heterocycles. The Morgan fingerprint density at radius 3 is 2.62 bits per heavy atom. The Kier molecular flexibility index (Phi) is 6.40. The van der Waals surface area contributed by atoms with Crippen molar-refractivity contribution in [3.05, 3.63) is 35.9 Å². The second-order valence-corrected chi connectivity index (χ2v) is 8.66. The smallest absolute Gasteiger partial charge is 0.209 e. The van der Waals surface area contributed by atoms with Crippen molar-refractivity contribution in [2.24, 2.45) is 5.92 Å². The van der Waals surface area contributed by atoms with Gasteiger partial charge in [0.2, 0.25) is 5.82 Å². The number of hydrogen-bond donors (Lipinski definition) is 1. The fourth-order valence-corrected chi connectivity index (χ4v) is 4.55. The molecule has 1 aromatic heterocycles. The Balaban J connectivity index is 1.45. The van der Waals surface area contributed by atoms with Gasteiger partial charge >= 0.3 is 0 Å². The first-order chi connectivity index (χ1) is 14.1. The molecule has 158 valence electrons. The Labute approximate surface area is 171 Å². The lowest BCUT2D eigenvalue weighted by Gasteiger charge is -2.37. The molecule has 0 amide bonds. The highest BCUT2D eigenvalue weighted by Gasteiger charge is 2.34. The zero-order valence-electron chi connectivity index (χ0n) is 17.4. The number of halogens is 1. The van der Waals surface area contributed by atoms with Crippen LogP contribution in [0.3, 0.4) is 0 Å². The van der Waals surface area contributed by atoms with Crippen LogP contribution < -0.4 is 9.80 Å². The molecule has 0 aliphatic carbocycles. The second kappa shape index (κ2) is 9.17. The number of anilines is 1. The van der Waals surface area contributed by atoms with E-state index in [1.807, 2.05) is 16.8 Å². The topological polar surface area (TPSA) is 60.5 Å². The maximum absolute atomic E-state index is 13.2. The van der Waals surface area contributed by atoms with Gasteiger partial charge in [-0.05, 0) is 53.5 Å². The van der Waals surface area contributed by atoms with Crippen molar-refractivity contribution in [3.8, 4) is 0 Å². The van der Waals surface area contributed by atoms with Crippen molar-refractivity contribution >= 4 is 5.69 Å². The number of nitrogens with zero attached hydrogens (tertiary/aromatic N) is 5. The van der Waals surface area contributed by atoms with E-state index >= 15 is 0 Å². The van der Waals surface area contributed by atoms with Crippen LogP contribution in [0, 0.1) is 11.7 Å². The third-order valence-electron chi connectivity index (χ3n) is 6.07. The number of nitrogens with one attached hydrogen (secondary N) is 1. The van der Waals surface area contributed by atoms with Gasteiger partial charge in [0.15, 0.2) is 0 Å². The summed E-state index contributed by atoms with van der Waals surface area (Å²) in [5, 5.41) is 12.7. The molecule has 2 saturated heterocycles. The SMILES string of the molecule is CC(C)C[C@@H](c1nnnn1C[C@H]1CCCO1)[NH+]1CCN(c2ccc(F)cc2)CC1. The van der Waals surface area contributed by atoms with Crippen LogP contribution in [-0.2, 0) is 11.3 Å². The average molecular weight is 404 g/mol. The van der Waals surface area contributed by atoms with Gasteiger partial charge < -0.3 is 14.5 Å². The summed E-state index contributed by atoms with van der Waals surface area (Å²) >= 11 is 0. The summed E-state index contributed by atoms with van der Waals surface area (Å²) in [5.41, 5.74) is 1.09. The largest absolute Gasteiger partial charge is 0.376 e. The lowest BCUT2D eigenvalue weighted by atomic mass is 10.0. The molecule has 7 nitrogen and oxygen atoms in total. The standard InChI is InChI=1S/C21H31FN6O/c1-16(2)14-20(21-23-24-25-28(21)15-19-4-3-13-29-19)27-11-9-26(10-12-27)18-7-5-17(22)6-8-18/h5-8,16,19-20H,3-4,9-15H2,1-2H3/p+1/t19-,20+/m1/s1. The first kappa shape index (κ1) is 20.2. The molecule has 1 aromatic carbocycles. The van der Waals surface area contributed by atoms with Gasteiger partial charge in [-0.25, -0.2) is 9.07 Å². The van der Waals surface area contributed by atoms with E-state index in [0.717, 1.165) is 70.1 Å². The zero-order chi connectivity index (χ0) is 20.2. The second-order valence-electron chi connectivity index (χ2n) is 8.66. The molecule has 2 atom stereocenters. The quantitative estimate of drug-likeness (QED) is 0.759. The summed E-state index contributed by atoms with van der Waals surface area (Å²) in [5.74, 6) is 1.36. The van der Waals surface area contributed by atoms with Crippen LogP contribution in [0.2, 0.25) is 0 Å². The fourth-order valence-electron chi connectivity index (χ4n) is 4.55. The monoisotopic (exact) mass is 403 g/mol. The lowest BCUT2D eigenvalue weighted by Crippen LogP contribution is -3.15. The highest BCUT2D eigenvalue weighted by molar-refractivity contribution is 5.46. The summed E-state index contributed by atoms with van der Waals surface area (Å²) in [4.78, 5) is 3.87. The van der Waals surface area contributed by atoms with Gasteiger partial charge in [0.25, 0.3) is 0 Å². The number of piperazine rings is 1. The molecule has 2 aromatic rings. The Bertz CT molecular complexity index is 766. The number of tetrazole rings is 1. The molecule has 3 heterocycles. The highest BCUT2D eigenvalue weighted by atomic mass is 19.1. The lowest BCUT2D eigenvalue weighted by molar-refractivity contribution is -0.934. The third-order valence-corrected chi connectivity index (χ3v) is 6.07. The molecular formula is C21H32FN6O+. The first-order valence-corrected chi connectivity index (χ1v) is 10.8. The van der Waals surface area contributed by atoms with Crippen LogP contribution in [-0.4, -0.2) is 59.1 Å². The summed E-state index contributed by atoms with van der Waals surface area (Å²) in [6.07, 6.45) is 3.48. The summed E-state index contributed by atoms with van der Waals surface area (Å²) < 4.78 is 21.0. The molecule has 0 unspecified atom stereocenters. The number of ether oxygens (including phenoxy) is 1. The molecule has 0 bridgehead atoms. The fraction of sp³-hybridized carbons (Fsp3) is 0.667.